The average Bonchev–Trinajstić information content (AvgIpc) is 3.16. The third kappa shape index (κ3) is 3.18. The Morgan fingerprint density at radius 3 is 2.71 bits per heavy atom. The van der Waals surface area contributed by atoms with Crippen molar-refractivity contribution in [2.24, 2.45) is 5.92 Å². The molecule has 0 spiro atoms. The van der Waals surface area contributed by atoms with Gasteiger partial charge in [-0.2, -0.15) is 0 Å². The molecule has 2 bridgehead atoms. The summed E-state index contributed by atoms with van der Waals surface area (Å²) in [5.74, 6) is 0.465. The molecule has 0 aromatic heterocycles. The number of benzene rings is 1. The molecule has 24 heavy (non-hydrogen) atoms. The lowest BCUT2D eigenvalue weighted by Gasteiger charge is -2.28. The lowest BCUT2D eigenvalue weighted by molar-refractivity contribution is -0.125. The molecule has 0 aliphatic carbocycles. The fourth-order valence-corrected chi connectivity index (χ4v) is 4.54. The molecule has 5 nitrogen and oxygen atoms in total. The van der Waals surface area contributed by atoms with Crippen molar-refractivity contribution in [2.45, 2.75) is 50.6 Å². The first kappa shape index (κ1) is 15.6. The Labute approximate surface area is 142 Å². The molecule has 128 valence electrons. The van der Waals surface area contributed by atoms with Crippen molar-refractivity contribution in [3.05, 3.63) is 29.8 Å². The van der Waals surface area contributed by atoms with Crippen molar-refractivity contribution in [2.75, 3.05) is 18.0 Å². The van der Waals surface area contributed by atoms with Gasteiger partial charge >= 0.3 is 0 Å². The van der Waals surface area contributed by atoms with Crippen LogP contribution < -0.4 is 15.5 Å². The molecule has 1 aromatic carbocycles. The van der Waals surface area contributed by atoms with Gasteiger partial charge in [-0.3, -0.25) is 9.59 Å². The molecule has 1 aromatic rings. The number of piperidine rings is 1. The van der Waals surface area contributed by atoms with Crippen LogP contribution in [0.1, 0.15) is 37.7 Å². The van der Waals surface area contributed by atoms with Crippen molar-refractivity contribution >= 4 is 17.5 Å². The highest BCUT2D eigenvalue weighted by molar-refractivity contribution is 5.98. The number of nitrogens with zero attached hydrogens (tertiary/aromatic N) is 1. The Balaban J connectivity index is 1.26. The van der Waals surface area contributed by atoms with Crippen molar-refractivity contribution in [3.63, 3.8) is 0 Å². The maximum absolute atomic E-state index is 12.4. The minimum Gasteiger partial charge on any atom is -0.347 e. The van der Waals surface area contributed by atoms with Crippen LogP contribution in [-0.4, -0.2) is 37.0 Å². The van der Waals surface area contributed by atoms with Crippen LogP contribution in [0.4, 0.5) is 5.69 Å². The van der Waals surface area contributed by atoms with Gasteiger partial charge in [0.05, 0.1) is 6.54 Å². The van der Waals surface area contributed by atoms with Gasteiger partial charge in [0.15, 0.2) is 0 Å². The summed E-state index contributed by atoms with van der Waals surface area (Å²) < 4.78 is 0. The highest BCUT2D eigenvalue weighted by Crippen LogP contribution is 2.32. The van der Waals surface area contributed by atoms with Crippen molar-refractivity contribution in [1.82, 2.24) is 10.6 Å². The van der Waals surface area contributed by atoms with Crippen molar-refractivity contribution in [1.29, 1.82) is 0 Å². The van der Waals surface area contributed by atoms with Gasteiger partial charge in [-0.15, -0.1) is 0 Å². The smallest absolute Gasteiger partial charge is 0.246 e. The standard InChI is InChI=1S/C19H25N3O2/c23-18(11-13-9-15-5-6-16(10-13)21-15)20-12-19(24)22-8-7-14-3-1-2-4-17(14)22/h1-4,13,15-16,21H,5-12H2,(H,20,23). The maximum Gasteiger partial charge on any atom is 0.246 e. The van der Waals surface area contributed by atoms with E-state index in [-0.39, 0.29) is 18.4 Å². The van der Waals surface area contributed by atoms with Gasteiger partial charge < -0.3 is 15.5 Å². The lowest BCUT2D eigenvalue weighted by atomic mass is 9.89. The monoisotopic (exact) mass is 327 g/mol. The minimum atomic E-state index is -0.0151. The summed E-state index contributed by atoms with van der Waals surface area (Å²) in [6, 6.07) is 9.20. The number of para-hydroxylation sites is 1. The van der Waals surface area contributed by atoms with Crippen LogP contribution in [0.5, 0.6) is 0 Å². The van der Waals surface area contributed by atoms with Crippen LogP contribution in [0.25, 0.3) is 0 Å². The zero-order valence-corrected chi connectivity index (χ0v) is 14.0. The molecular formula is C19H25N3O2. The zero-order chi connectivity index (χ0) is 16.5. The van der Waals surface area contributed by atoms with E-state index in [4.69, 9.17) is 0 Å². The number of hydrogen-bond donors (Lipinski definition) is 2. The van der Waals surface area contributed by atoms with Crippen LogP contribution in [0.3, 0.4) is 0 Å². The van der Waals surface area contributed by atoms with Gasteiger partial charge in [0.25, 0.3) is 0 Å². The van der Waals surface area contributed by atoms with Gasteiger partial charge in [-0.25, -0.2) is 0 Å². The molecule has 0 radical (unpaired) electrons. The Morgan fingerprint density at radius 2 is 1.92 bits per heavy atom. The minimum absolute atomic E-state index is 0.0151. The van der Waals surface area contributed by atoms with Gasteiger partial charge in [0.2, 0.25) is 11.8 Å². The van der Waals surface area contributed by atoms with Crippen LogP contribution in [0, 0.1) is 5.92 Å². The van der Waals surface area contributed by atoms with Gasteiger partial charge in [0.1, 0.15) is 0 Å². The number of anilines is 1. The summed E-state index contributed by atoms with van der Waals surface area (Å²) in [4.78, 5) is 26.4. The quantitative estimate of drug-likeness (QED) is 0.883. The van der Waals surface area contributed by atoms with E-state index in [1.54, 1.807) is 4.90 Å². The summed E-state index contributed by atoms with van der Waals surface area (Å²) in [5.41, 5.74) is 2.20. The third-order valence-electron chi connectivity index (χ3n) is 5.67. The molecule has 3 aliphatic rings. The maximum atomic E-state index is 12.4. The molecule has 0 saturated carbocycles. The van der Waals surface area contributed by atoms with E-state index in [2.05, 4.69) is 16.7 Å². The molecular weight excluding hydrogens is 302 g/mol. The molecule has 3 aliphatic heterocycles. The third-order valence-corrected chi connectivity index (χ3v) is 5.67. The van der Waals surface area contributed by atoms with Crippen LogP contribution in [0.15, 0.2) is 24.3 Å². The second kappa shape index (κ2) is 6.55. The highest BCUT2D eigenvalue weighted by Gasteiger charge is 2.34. The number of hydrogen-bond acceptors (Lipinski definition) is 3. The average molecular weight is 327 g/mol. The van der Waals surface area contributed by atoms with E-state index in [0.717, 1.165) is 24.9 Å². The number of fused-ring (bicyclic) bond motifs is 3. The van der Waals surface area contributed by atoms with E-state index in [9.17, 15) is 9.59 Å². The molecule has 4 rings (SSSR count). The normalized spacial score (nSPS) is 27.8. The molecule has 2 atom stereocenters. The number of carbonyl (C=O) groups is 2. The van der Waals surface area contributed by atoms with Crippen LogP contribution >= 0.6 is 0 Å². The molecule has 2 amide bonds. The molecule has 2 N–H and O–H groups in total. The van der Waals surface area contributed by atoms with E-state index < -0.39 is 0 Å². The molecule has 3 heterocycles. The van der Waals surface area contributed by atoms with Crippen molar-refractivity contribution in [3.8, 4) is 0 Å². The first-order chi connectivity index (χ1) is 11.7. The largest absolute Gasteiger partial charge is 0.347 e. The fourth-order valence-electron chi connectivity index (χ4n) is 4.54. The van der Waals surface area contributed by atoms with Crippen molar-refractivity contribution < 1.29 is 9.59 Å². The predicted octanol–water partition coefficient (Wildman–Crippen LogP) is 1.61. The van der Waals surface area contributed by atoms with E-state index in [0.29, 0.717) is 31.0 Å². The van der Waals surface area contributed by atoms with Gasteiger partial charge in [-0.1, -0.05) is 18.2 Å². The molecule has 5 heteroatoms. The van der Waals surface area contributed by atoms with E-state index in [1.165, 1.54) is 18.4 Å². The van der Waals surface area contributed by atoms with Gasteiger partial charge in [-0.05, 0) is 49.7 Å². The van der Waals surface area contributed by atoms with Crippen LogP contribution in [-0.2, 0) is 16.0 Å². The fraction of sp³-hybridized carbons (Fsp3) is 0.579. The second-order valence-corrected chi connectivity index (χ2v) is 7.38. The van der Waals surface area contributed by atoms with Gasteiger partial charge in [0, 0.05) is 30.7 Å². The SMILES string of the molecule is O=C(CC1CC2CCC(C1)N2)NCC(=O)N1CCc2ccccc21. The topological polar surface area (TPSA) is 61.4 Å². The summed E-state index contributed by atoms with van der Waals surface area (Å²) in [5, 5.41) is 6.43. The number of carbonyl (C=O) groups excluding carboxylic acids is 2. The zero-order valence-electron chi connectivity index (χ0n) is 14.0. The molecule has 2 saturated heterocycles. The molecule has 2 fully saturated rings. The summed E-state index contributed by atoms with van der Waals surface area (Å²) in [7, 11) is 0. The predicted molar refractivity (Wildman–Crippen MR) is 92.8 cm³/mol. The number of nitrogens with one attached hydrogen (secondary N) is 2. The second-order valence-electron chi connectivity index (χ2n) is 7.38. The molecule has 2 unspecified atom stereocenters. The Kier molecular flexibility index (Phi) is 4.27. The number of rotatable bonds is 4. The first-order valence-corrected chi connectivity index (χ1v) is 9.10. The summed E-state index contributed by atoms with van der Waals surface area (Å²) in [6.45, 7) is 0.816. The van der Waals surface area contributed by atoms with E-state index in [1.807, 2.05) is 18.2 Å². The Bertz CT molecular complexity index is 633. The lowest BCUT2D eigenvalue weighted by Crippen LogP contribution is -2.42. The Morgan fingerprint density at radius 1 is 1.17 bits per heavy atom. The summed E-state index contributed by atoms with van der Waals surface area (Å²) >= 11 is 0. The van der Waals surface area contributed by atoms with E-state index >= 15 is 0 Å². The number of amides is 2. The van der Waals surface area contributed by atoms with Crippen LogP contribution in [0.2, 0.25) is 0 Å². The first-order valence-electron chi connectivity index (χ1n) is 9.10. The highest BCUT2D eigenvalue weighted by atomic mass is 16.2. The Hall–Kier alpha value is -1.88. The summed E-state index contributed by atoms with van der Waals surface area (Å²) in [6.07, 6.45) is 6.13.